The highest BCUT2D eigenvalue weighted by molar-refractivity contribution is 5.94. The number of benzene rings is 1. The van der Waals surface area contributed by atoms with Crippen LogP contribution in [0.4, 0.5) is 5.69 Å². The Morgan fingerprint density at radius 2 is 2.12 bits per heavy atom. The van der Waals surface area contributed by atoms with Gasteiger partial charge in [-0.2, -0.15) is 0 Å². The average Bonchev–Trinajstić information content (AvgIpc) is 3.10. The van der Waals surface area contributed by atoms with Crippen molar-refractivity contribution in [1.82, 2.24) is 0 Å². The fraction of sp³-hybridized carbons (Fsp3) is 0.462. The van der Waals surface area contributed by atoms with Crippen LogP contribution in [0, 0.1) is 0 Å². The molecule has 2 rings (SSSR count). The van der Waals surface area contributed by atoms with E-state index in [-0.39, 0.29) is 5.54 Å². The summed E-state index contributed by atoms with van der Waals surface area (Å²) >= 11 is 0. The maximum absolute atomic E-state index is 11.8. The molecule has 0 aromatic heterocycles. The van der Waals surface area contributed by atoms with E-state index in [2.05, 4.69) is 5.32 Å². The highest BCUT2D eigenvalue weighted by Gasteiger charge is 2.48. The molecule has 3 heteroatoms. The zero-order chi connectivity index (χ0) is 11.6. The standard InChI is InChI=1S/C13H18N2O/c1-2-12(16)13(7-8-13)15-11-6-4-3-5-10(11)9-14/h3-6,15H,2,7-9,14H2,1H3. The molecule has 0 saturated heterocycles. The maximum atomic E-state index is 11.8. The topological polar surface area (TPSA) is 55.1 Å². The van der Waals surface area contributed by atoms with E-state index in [0.29, 0.717) is 18.7 Å². The number of rotatable bonds is 5. The first kappa shape index (κ1) is 11.1. The quantitative estimate of drug-likeness (QED) is 0.795. The van der Waals surface area contributed by atoms with Gasteiger partial charge in [-0.1, -0.05) is 25.1 Å². The molecule has 0 unspecified atom stereocenters. The second kappa shape index (κ2) is 4.26. The van der Waals surface area contributed by atoms with Crippen molar-refractivity contribution in [1.29, 1.82) is 0 Å². The molecular weight excluding hydrogens is 200 g/mol. The number of carbonyl (C=O) groups is 1. The fourth-order valence-electron chi connectivity index (χ4n) is 2.01. The first-order chi connectivity index (χ1) is 7.72. The number of carbonyl (C=O) groups excluding carboxylic acids is 1. The molecule has 0 aliphatic heterocycles. The second-order valence-electron chi connectivity index (χ2n) is 4.35. The molecular formula is C13H18N2O. The molecule has 0 radical (unpaired) electrons. The molecule has 1 aromatic carbocycles. The Labute approximate surface area is 96.0 Å². The Bertz CT molecular complexity index is 397. The third kappa shape index (κ3) is 1.95. The van der Waals surface area contributed by atoms with Crippen LogP contribution < -0.4 is 11.1 Å². The number of hydrogen-bond acceptors (Lipinski definition) is 3. The molecule has 3 N–H and O–H groups in total. The van der Waals surface area contributed by atoms with E-state index in [0.717, 1.165) is 24.1 Å². The molecule has 3 nitrogen and oxygen atoms in total. The SMILES string of the molecule is CCC(=O)C1(Nc2ccccc2CN)CC1. The molecule has 1 aliphatic rings. The van der Waals surface area contributed by atoms with E-state index in [1.807, 2.05) is 31.2 Å². The van der Waals surface area contributed by atoms with Crippen molar-refractivity contribution in [2.45, 2.75) is 38.3 Å². The van der Waals surface area contributed by atoms with Crippen LogP contribution in [0.2, 0.25) is 0 Å². The highest BCUT2D eigenvalue weighted by atomic mass is 16.1. The lowest BCUT2D eigenvalue weighted by Crippen LogP contribution is -2.31. The Hall–Kier alpha value is -1.35. The third-order valence-corrected chi connectivity index (χ3v) is 3.22. The highest BCUT2D eigenvalue weighted by Crippen LogP contribution is 2.41. The second-order valence-corrected chi connectivity index (χ2v) is 4.35. The summed E-state index contributed by atoms with van der Waals surface area (Å²) in [5.41, 5.74) is 7.45. The fourth-order valence-corrected chi connectivity index (χ4v) is 2.01. The predicted molar refractivity (Wildman–Crippen MR) is 65.2 cm³/mol. The van der Waals surface area contributed by atoms with E-state index < -0.39 is 0 Å². The van der Waals surface area contributed by atoms with Gasteiger partial charge < -0.3 is 11.1 Å². The third-order valence-electron chi connectivity index (χ3n) is 3.22. The zero-order valence-corrected chi connectivity index (χ0v) is 9.62. The van der Waals surface area contributed by atoms with Gasteiger partial charge in [-0.15, -0.1) is 0 Å². The van der Waals surface area contributed by atoms with Crippen LogP contribution in [0.3, 0.4) is 0 Å². The molecule has 1 aliphatic carbocycles. The number of hydrogen-bond donors (Lipinski definition) is 2. The van der Waals surface area contributed by atoms with Crippen LogP contribution in [0.15, 0.2) is 24.3 Å². The maximum Gasteiger partial charge on any atom is 0.157 e. The summed E-state index contributed by atoms with van der Waals surface area (Å²) in [4.78, 5) is 11.8. The normalized spacial score (nSPS) is 16.9. The Morgan fingerprint density at radius 1 is 1.44 bits per heavy atom. The lowest BCUT2D eigenvalue weighted by Gasteiger charge is -2.19. The van der Waals surface area contributed by atoms with Crippen molar-refractivity contribution in [3.05, 3.63) is 29.8 Å². The van der Waals surface area contributed by atoms with Gasteiger partial charge in [-0.3, -0.25) is 4.79 Å². The Kier molecular flexibility index (Phi) is 2.97. The molecule has 0 bridgehead atoms. The predicted octanol–water partition coefficient (Wildman–Crippen LogP) is 2.07. The molecule has 86 valence electrons. The van der Waals surface area contributed by atoms with Crippen LogP contribution in [-0.4, -0.2) is 11.3 Å². The average molecular weight is 218 g/mol. The summed E-state index contributed by atoms with van der Waals surface area (Å²) < 4.78 is 0. The number of nitrogens with two attached hydrogens (primary N) is 1. The smallest absolute Gasteiger partial charge is 0.157 e. The van der Waals surface area contributed by atoms with Gasteiger partial charge in [0, 0.05) is 18.7 Å². The van der Waals surface area contributed by atoms with E-state index in [9.17, 15) is 4.79 Å². The molecule has 1 fully saturated rings. The van der Waals surface area contributed by atoms with Gasteiger partial charge in [0.25, 0.3) is 0 Å². The number of ketones is 1. The van der Waals surface area contributed by atoms with Gasteiger partial charge in [0.2, 0.25) is 0 Å². The van der Waals surface area contributed by atoms with E-state index >= 15 is 0 Å². The van der Waals surface area contributed by atoms with Crippen molar-refractivity contribution in [3.63, 3.8) is 0 Å². The van der Waals surface area contributed by atoms with Crippen molar-refractivity contribution in [2.24, 2.45) is 5.73 Å². The summed E-state index contributed by atoms with van der Waals surface area (Å²) in [7, 11) is 0. The summed E-state index contributed by atoms with van der Waals surface area (Å²) in [5.74, 6) is 0.305. The first-order valence-corrected chi connectivity index (χ1v) is 5.81. The number of para-hydroxylation sites is 1. The zero-order valence-electron chi connectivity index (χ0n) is 9.62. The molecule has 0 atom stereocenters. The van der Waals surface area contributed by atoms with Crippen LogP contribution in [0.25, 0.3) is 0 Å². The lowest BCUT2D eigenvalue weighted by atomic mass is 10.1. The van der Waals surface area contributed by atoms with Crippen molar-refractivity contribution >= 4 is 11.5 Å². The largest absolute Gasteiger partial charge is 0.373 e. The van der Waals surface area contributed by atoms with Crippen LogP contribution in [0.5, 0.6) is 0 Å². The molecule has 16 heavy (non-hydrogen) atoms. The van der Waals surface area contributed by atoms with E-state index in [4.69, 9.17) is 5.73 Å². The first-order valence-electron chi connectivity index (χ1n) is 5.81. The van der Waals surface area contributed by atoms with Gasteiger partial charge in [0.1, 0.15) is 0 Å². The molecule has 0 spiro atoms. The molecule has 0 amide bonds. The lowest BCUT2D eigenvalue weighted by molar-refractivity contribution is -0.120. The number of anilines is 1. The summed E-state index contributed by atoms with van der Waals surface area (Å²) in [5, 5.41) is 3.37. The molecule has 0 heterocycles. The van der Waals surface area contributed by atoms with Crippen LogP contribution in [0.1, 0.15) is 31.7 Å². The van der Waals surface area contributed by atoms with Crippen LogP contribution >= 0.6 is 0 Å². The molecule has 1 aromatic rings. The van der Waals surface area contributed by atoms with Gasteiger partial charge in [-0.25, -0.2) is 0 Å². The van der Waals surface area contributed by atoms with E-state index in [1.54, 1.807) is 0 Å². The van der Waals surface area contributed by atoms with Crippen molar-refractivity contribution < 1.29 is 4.79 Å². The van der Waals surface area contributed by atoms with Crippen LogP contribution in [-0.2, 0) is 11.3 Å². The molecule has 1 saturated carbocycles. The minimum atomic E-state index is -0.292. The summed E-state index contributed by atoms with van der Waals surface area (Å²) in [6, 6.07) is 7.92. The van der Waals surface area contributed by atoms with Crippen molar-refractivity contribution in [3.8, 4) is 0 Å². The van der Waals surface area contributed by atoms with Gasteiger partial charge in [0.05, 0.1) is 5.54 Å². The Morgan fingerprint density at radius 3 is 2.69 bits per heavy atom. The minimum Gasteiger partial charge on any atom is -0.373 e. The van der Waals surface area contributed by atoms with Gasteiger partial charge in [0.15, 0.2) is 5.78 Å². The van der Waals surface area contributed by atoms with Gasteiger partial charge in [-0.05, 0) is 24.5 Å². The van der Waals surface area contributed by atoms with Crippen molar-refractivity contribution in [2.75, 3.05) is 5.32 Å². The Balaban J connectivity index is 2.18. The summed E-state index contributed by atoms with van der Waals surface area (Å²) in [6.45, 7) is 2.42. The minimum absolute atomic E-state index is 0.292. The number of nitrogens with one attached hydrogen (secondary N) is 1. The monoisotopic (exact) mass is 218 g/mol. The van der Waals surface area contributed by atoms with Gasteiger partial charge >= 0.3 is 0 Å². The number of Topliss-reactive ketones (excluding diaryl/α,β-unsaturated/α-hetero) is 1. The summed E-state index contributed by atoms with van der Waals surface area (Å²) in [6.07, 6.45) is 2.48. The van der Waals surface area contributed by atoms with E-state index in [1.165, 1.54) is 0 Å².